The first-order valence-electron chi connectivity index (χ1n) is 4.39. The van der Waals surface area contributed by atoms with Crippen molar-refractivity contribution in [3.05, 3.63) is 11.8 Å². The summed E-state index contributed by atoms with van der Waals surface area (Å²) in [5.74, 6) is -3.58. The maximum Gasteiger partial charge on any atom is 0.329 e. The molecule has 0 saturated heterocycles. The number of rotatable bonds is 1. The molecule has 6 heteroatoms. The van der Waals surface area contributed by atoms with Crippen molar-refractivity contribution in [3.63, 3.8) is 0 Å². The van der Waals surface area contributed by atoms with Gasteiger partial charge in [0.15, 0.2) is 17.5 Å². The molecule has 6 nitrogen and oxygen atoms in total. The first-order valence-corrected chi connectivity index (χ1v) is 4.39. The van der Waals surface area contributed by atoms with Crippen LogP contribution in [0.4, 0.5) is 0 Å². The van der Waals surface area contributed by atoms with Gasteiger partial charge < -0.3 is 9.84 Å². The van der Waals surface area contributed by atoms with Crippen molar-refractivity contribution in [1.82, 2.24) is 0 Å². The van der Waals surface area contributed by atoms with Gasteiger partial charge in [0, 0.05) is 13.0 Å². The lowest BCUT2D eigenvalue weighted by molar-refractivity contribution is -0.152. The summed E-state index contributed by atoms with van der Waals surface area (Å²) < 4.78 is 4.61. The topological polar surface area (TPSA) is 97.7 Å². The number of aliphatic carboxylic acids is 1. The van der Waals surface area contributed by atoms with Crippen molar-refractivity contribution in [2.45, 2.75) is 20.8 Å². The van der Waals surface area contributed by atoms with E-state index in [-0.39, 0.29) is 5.76 Å². The number of esters is 1. The highest BCUT2D eigenvalue weighted by molar-refractivity contribution is 6.21. The zero-order valence-electron chi connectivity index (χ0n) is 9.14. The number of cyclic esters (lactones) is 1. The third kappa shape index (κ3) is 4.50. The molecular weight excluding hydrogens is 216 g/mol. The van der Waals surface area contributed by atoms with Gasteiger partial charge >= 0.3 is 5.97 Å². The van der Waals surface area contributed by atoms with E-state index in [1.807, 2.05) is 0 Å². The summed E-state index contributed by atoms with van der Waals surface area (Å²) >= 11 is 0. The van der Waals surface area contributed by atoms with Crippen LogP contribution >= 0.6 is 0 Å². The molecule has 0 aromatic carbocycles. The highest BCUT2D eigenvalue weighted by Crippen LogP contribution is 2.14. The highest BCUT2D eigenvalue weighted by Gasteiger charge is 2.34. The van der Waals surface area contributed by atoms with Crippen LogP contribution < -0.4 is 0 Å². The largest absolute Gasteiger partial charge is 0.481 e. The van der Waals surface area contributed by atoms with E-state index in [1.54, 1.807) is 0 Å². The molecule has 1 rings (SSSR count). The van der Waals surface area contributed by atoms with Crippen molar-refractivity contribution in [2.75, 3.05) is 0 Å². The lowest BCUT2D eigenvalue weighted by Gasteiger charge is -2.15. The van der Waals surface area contributed by atoms with Gasteiger partial charge in [0.25, 0.3) is 5.97 Å². The van der Waals surface area contributed by atoms with Crippen molar-refractivity contribution >= 4 is 23.5 Å². The first-order chi connectivity index (χ1) is 7.25. The molecule has 0 aliphatic carbocycles. The molecule has 1 atom stereocenters. The van der Waals surface area contributed by atoms with Gasteiger partial charge in [-0.15, -0.1) is 0 Å². The number of ether oxygens (including phenoxy) is 1. The number of hydrogen-bond acceptors (Lipinski definition) is 5. The van der Waals surface area contributed by atoms with Crippen LogP contribution in [-0.2, 0) is 23.9 Å². The Morgan fingerprint density at radius 3 is 2.06 bits per heavy atom. The van der Waals surface area contributed by atoms with Crippen LogP contribution in [0.1, 0.15) is 20.8 Å². The minimum absolute atomic E-state index is 0.238. The Kier molecular flexibility index (Phi) is 5.08. The number of ketones is 2. The summed E-state index contributed by atoms with van der Waals surface area (Å²) in [6.45, 7) is 3.77. The van der Waals surface area contributed by atoms with E-state index < -0.39 is 29.4 Å². The predicted molar refractivity (Wildman–Crippen MR) is 52.3 cm³/mol. The van der Waals surface area contributed by atoms with Crippen LogP contribution in [0, 0.1) is 5.92 Å². The van der Waals surface area contributed by atoms with Gasteiger partial charge in [0.1, 0.15) is 5.76 Å². The molecule has 1 aliphatic rings. The minimum Gasteiger partial charge on any atom is -0.481 e. The molecule has 0 spiro atoms. The summed E-state index contributed by atoms with van der Waals surface area (Å²) in [5, 5.41) is 7.42. The highest BCUT2D eigenvalue weighted by atomic mass is 16.5. The first kappa shape index (κ1) is 14.0. The molecule has 1 N–H and O–H groups in total. The summed E-state index contributed by atoms with van der Waals surface area (Å²) in [5.41, 5.74) is 0. The van der Waals surface area contributed by atoms with Crippen molar-refractivity contribution in [3.8, 4) is 0 Å². The molecule has 0 bridgehead atoms. The van der Waals surface area contributed by atoms with Crippen LogP contribution in [0.2, 0.25) is 0 Å². The summed E-state index contributed by atoms with van der Waals surface area (Å²) in [6, 6.07) is 0. The van der Waals surface area contributed by atoms with E-state index in [2.05, 4.69) is 4.74 Å². The quantitative estimate of drug-likeness (QED) is 0.512. The smallest absolute Gasteiger partial charge is 0.329 e. The number of allylic oxidation sites excluding steroid dienone is 2. The van der Waals surface area contributed by atoms with Crippen LogP contribution in [0.3, 0.4) is 0 Å². The van der Waals surface area contributed by atoms with Gasteiger partial charge in [-0.2, -0.15) is 0 Å². The van der Waals surface area contributed by atoms with E-state index in [1.165, 1.54) is 13.8 Å². The molecule has 0 aromatic heterocycles. The average Bonchev–Trinajstić information content (AvgIpc) is 1.98. The van der Waals surface area contributed by atoms with Crippen LogP contribution in [0.5, 0.6) is 0 Å². The zero-order valence-corrected chi connectivity index (χ0v) is 9.14. The average molecular weight is 228 g/mol. The molecule has 16 heavy (non-hydrogen) atoms. The van der Waals surface area contributed by atoms with E-state index >= 15 is 0 Å². The Hall–Kier alpha value is -1.98. The van der Waals surface area contributed by atoms with Gasteiger partial charge in [-0.25, -0.2) is 0 Å². The van der Waals surface area contributed by atoms with Crippen molar-refractivity contribution in [1.29, 1.82) is 0 Å². The molecule has 0 fully saturated rings. The van der Waals surface area contributed by atoms with Gasteiger partial charge in [0.05, 0.1) is 0 Å². The maximum atomic E-state index is 11.1. The van der Waals surface area contributed by atoms with E-state index in [9.17, 15) is 14.4 Å². The monoisotopic (exact) mass is 228 g/mol. The normalized spacial score (nSPS) is 18.9. The lowest BCUT2D eigenvalue weighted by Crippen LogP contribution is -2.33. The Morgan fingerprint density at radius 2 is 1.75 bits per heavy atom. The minimum atomic E-state index is -1.24. The lowest BCUT2D eigenvalue weighted by atomic mass is 9.98. The number of carboxylic acids is 1. The number of carbonyl (C=O) groups is 4. The number of hydrogen-bond donors (Lipinski definition) is 1. The number of carbonyl (C=O) groups excluding carboxylic acids is 3. The fraction of sp³-hybridized carbons (Fsp3) is 0.400. The van der Waals surface area contributed by atoms with Gasteiger partial charge in [-0.05, 0) is 13.8 Å². The summed E-state index contributed by atoms with van der Waals surface area (Å²) in [7, 11) is 0. The number of Topliss-reactive ketones (excluding diaryl/α,β-unsaturated/α-hetero) is 1. The fourth-order valence-electron chi connectivity index (χ4n) is 1.01. The summed E-state index contributed by atoms with van der Waals surface area (Å²) in [4.78, 5) is 41.8. The van der Waals surface area contributed by atoms with E-state index in [0.29, 0.717) is 0 Å². The Morgan fingerprint density at radius 1 is 1.31 bits per heavy atom. The third-order valence-electron chi connectivity index (χ3n) is 1.53. The molecule has 0 radical (unpaired) electrons. The molecule has 0 aromatic rings. The molecule has 88 valence electrons. The molecular formula is C10H12O6. The summed E-state index contributed by atoms with van der Waals surface area (Å²) in [6.07, 6.45) is 1.16. The van der Waals surface area contributed by atoms with E-state index in [0.717, 1.165) is 13.0 Å². The molecule has 1 unspecified atom stereocenters. The molecule has 0 amide bonds. The molecule has 1 aliphatic heterocycles. The Balaban J connectivity index is 0.000000487. The Bertz CT molecular complexity index is 362. The van der Waals surface area contributed by atoms with Crippen molar-refractivity contribution in [2.24, 2.45) is 5.92 Å². The van der Waals surface area contributed by atoms with Gasteiger partial charge in [-0.3, -0.25) is 19.2 Å². The zero-order chi connectivity index (χ0) is 12.9. The van der Waals surface area contributed by atoms with Gasteiger partial charge in [0.2, 0.25) is 0 Å². The second kappa shape index (κ2) is 5.79. The standard InChI is InChI=1S/C8H8O4.C2H4O2/c1-4-3-6(10)7(5(2)9)8(11)12-4;1-2(3)4/h3,7H,1-2H3;1H3,(H,3,4). The van der Waals surface area contributed by atoms with Crippen LogP contribution in [0.15, 0.2) is 11.8 Å². The second-order valence-corrected chi connectivity index (χ2v) is 3.14. The van der Waals surface area contributed by atoms with E-state index in [4.69, 9.17) is 9.90 Å². The van der Waals surface area contributed by atoms with Crippen LogP contribution in [-0.4, -0.2) is 28.6 Å². The van der Waals surface area contributed by atoms with Crippen molar-refractivity contribution < 1.29 is 29.0 Å². The predicted octanol–water partition coefficient (Wildman–Crippen LogP) is 0.312. The third-order valence-corrected chi connectivity index (χ3v) is 1.53. The maximum absolute atomic E-state index is 11.1. The molecule has 1 heterocycles. The Labute approximate surface area is 91.9 Å². The SMILES string of the molecule is CC(=O)C1C(=O)C=C(C)OC1=O.CC(=O)O. The fourth-order valence-corrected chi connectivity index (χ4v) is 1.01. The van der Waals surface area contributed by atoms with Gasteiger partial charge in [-0.1, -0.05) is 0 Å². The second-order valence-electron chi connectivity index (χ2n) is 3.14. The van der Waals surface area contributed by atoms with Crippen LogP contribution in [0.25, 0.3) is 0 Å². The number of carboxylic acid groups (broad SMARTS) is 1. The molecule has 0 saturated carbocycles.